The molecule has 8 nitrogen and oxygen atoms in total. The van der Waals surface area contributed by atoms with Gasteiger partial charge < -0.3 is 19.9 Å². The maximum atomic E-state index is 12.2. The molecule has 3 heterocycles. The van der Waals surface area contributed by atoms with Crippen molar-refractivity contribution >= 4 is 29.0 Å². The van der Waals surface area contributed by atoms with E-state index in [0.29, 0.717) is 23.3 Å². The van der Waals surface area contributed by atoms with Gasteiger partial charge in [0.25, 0.3) is 5.56 Å². The van der Waals surface area contributed by atoms with E-state index in [1.807, 2.05) is 12.1 Å². The van der Waals surface area contributed by atoms with Crippen molar-refractivity contribution in [1.29, 1.82) is 0 Å². The molecule has 0 radical (unpaired) electrons. The molecule has 0 amide bonds. The Kier molecular flexibility index (Phi) is 5.50. The Morgan fingerprint density at radius 3 is 2.89 bits per heavy atom. The molecular weight excluding hydrogens is 380 g/mol. The van der Waals surface area contributed by atoms with Gasteiger partial charge in [-0.15, -0.1) is 5.10 Å². The molecule has 0 saturated carbocycles. The van der Waals surface area contributed by atoms with Crippen LogP contribution in [0.15, 0.2) is 29.1 Å². The van der Waals surface area contributed by atoms with Gasteiger partial charge in [-0.3, -0.25) is 4.79 Å². The van der Waals surface area contributed by atoms with E-state index in [2.05, 4.69) is 38.3 Å². The van der Waals surface area contributed by atoms with Crippen LogP contribution in [-0.4, -0.2) is 45.9 Å². The van der Waals surface area contributed by atoms with Crippen LogP contribution in [0.2, 0.25) is 5.02 Å². The number of nitrogens with one attached hydrogen (secondary N) is 2. The fourth-order valence-corrected chi connectivity index (χ4v) is 3.49. The van der Waals surface area contributed by atoms with Gasteiger partial charge in [-0.2, -0.15) is 9.50 Å². The molecule has 3 aromatic rings. The number of aromatic nitrogens is 4. The summed E-state index contributed by atoms with van der Waals surface area (Å²) in [6, 6.07) is 7.56. The normalized spacial score (nSPS) is 14.6. The van der Waals surface area contributed by atoms with Crippen molar-refractivity contribution < 1.29 is 4.74 Å². The first-order chi connectivity index (χ1) is 13.6. The van der Waals surface area contributed by atoms with E-state index < -0.39 is 0 Å². The Labute approximate surface area is 167 Å². The average molecular weight is 403 g/mol. The lowest BCUT2D eigenvalue weighted by Crippen LogP contribution is -2.36. The minimum absolute atomic E-state index is 0.190. The molecule has 9 heteroatoms. The second-order valence-corrected chi connectivity index (χ2v) is 7.19. The fourth-order valence-electron chi connectivity index (χ4n) is 3.30. The Hall–Kier alpha value is -2.58. The molecule has 0 aliphatic carbocycles. The lowest BCUT2D eigenvalue weighted by molar-refractivity contribution is 0.122. The number of aromatic amines is 1. The van der Waals surface area contributed by atoms with Crippen LogP contribution in [0.3, 0.4) is 0 Å². The summed E-state index contributed by atoms with van der Waals surface area (Å²) < 4.78 is 6.69. The molecule has 0 atom stereocenters. The third kappa shape index (κ3) is 3.98. The second kappa shape index (κ2) is 8.20. The molecule has 148 valence electrons. The molecule has 1 fully saturated rings. The van der Waals surface area contributed by atoms with Gasteiger partial charge in [0.05, 0.1) is 13.2 Å². The molecule has 1 aliphatic heterocycles. The summed E-state index contributed by atoms with van der Waals surface area (Å²) >= 11 is 6.38. The number of benzene rings is 1. The van der Waals surface area contributed by atoms with Crippen molar-refractivity contribution in [1.82, 2.24) is 19.6 Å². The van der Waals surface area contributed by atoms with Crippen LogP contribution in [-0.2, 0) is 17.7 Å². The highest BCUT2D eigenvalue weighted by Gasteiger charge is 2.13. The first kappa shape index (κ1) is 18.8. The van der Waals surface area contributed by atoms with Gasteiger partial charge in [-0.25, -0.2) is 0 Å². The number of fused-ring (bicyclic) bond motifs is 1. The van der Waals surface area contributed by atoms with Gasteiger partial charge in [-0.05, 0) is 30.2 Å². The van der Waals surface area contributed by atoms with E-state index >= 15 is 0 Å². The first-order valence-corrected chi connectivity index (χ1v) is 9.86. The number of aryl methyl sites for hydroxylation is 1. The highest BCUT2D eigenvalue weighted by atomic mass is 35.5. The van der Waals surface area contributed by atoms with Crippen molar-refractivity contribution in [3.63, 3.8) is 0 Å². The SMILES string of the molecule is CCCc1cc(=O)n2nc(NCc3cc(N4CCOCC4)ccc3Cl)nc2[nH]1. The minimum Gasteiger partial charge on any atom is -0.378 e. The van der Waals surface area contributed by atoms with Crippen molar-refractivity contribution in [2.24, 2.45) is 0 Å². The lowest BCUT2D eigenvalue weighted by atomic mass is 10.1. The van der Waals surface area contributed by atoms with Crippen LogP contribution in [0.25, 0.3) is 5.78 Å². The molecule has 1 saturated heterocycles. The van der Waals surface area contributed by atoms with E-state index in [0.717, 1.165) is 56.1 Å². The van der Waals surface area contributed by atoms with E-state index in [1.54, 1.807) is 6.07 Å². The Bertz CT molecular complexity index is 1020. The molecule has 1 aromatic carbocycles. The minimum atomic E-state index is -0.190. The number of morpholine rings is 1. The van der Waals surface area contributed by atoms with E-state index in [9.17, 15) is 4.79 Å². The molecule has 2 N–H and O–H groups in total. The Balaban J connectivity index is 1.52. The number of H-pyrrole nitrogens is 1. The van der Waals surface area contributed by atoms with Gasteiger partial charge >= 0.3 is 0 Å². The average Bonchev–Trinajstić information content (AvgIpc) is 3.12. The molecule has 28 heavy (non-hydrogen) atoms. The maximum Gasteiger partial charge on any atom is 0.275 e. The zero-order chi connectivity index (χ0) is 19.5. The second-order valence-electron chi connectivity index (χ2n) is 6.78. The predicted octanol–water partition coefficient (Wildman–Crippen LogP) is 2.47. The lowest BCUT2D eigenvalue weighted by Gasteiger charge is -2.29. The van der Waals surface area contributed by atoms with Crippen LogP contribution in [0.4, 0.5) is 11.6 Å². The zero-order valence-corrected chi connectivity index (χ0v) is 16.5. The van der Waals surface area contributed by atoms with Gasteiger partial charge in [-0.1, -0.05) is 24.9 Å². The molecular formula is C19H23ClN6O2. The molecule has 4 rings (SSSR count). The fraction of sp³-hybridized carbons (Fsp3) is 0.421. The summed E-state index contributed by atoms with van der Waals surface area (Å²) in [6.45, 7) is 5.72. The standard InChI is InChI=1S/C19H23ClN6O2/c1-2-3-14-11-17(27)26-19(22-14)23-18(24-26)21-12-13-10-15(4-5-16(13)20)25-6-8-28-9-7-25/h4-5,10-11H,2-3,6-9,12H2,1H3,(H2,21,22,23,24). The van der Waals surface area contributed by atoms with E-state index in [-0.39, 0.29) is 5.56 Å². The van der Waals surface area contributed by atoms with Crippen molar-refractivity contribution in [3.8, 4) is 0 Å². The third-order valence-electron chi connectivity index (χ3n) is 4.75. The third-order valence-corrected chi connectivity index (χ3v) is 5.12. The number of rotatable bonds is 6. The van der Waals surface area contributed by atoms with Crippen LogP contribution >= 0.6 is 11.6 Å². The van der Waals surface area contributed by atoms with E-state index in [1.165, 1.54) is 4.52 Å². The van der Waals surface area contributed by atoms with Crippen molar-refractivity contribution in [2.45, 2.75) is 26.3 Å². The maximum absolute atomic E-state index is 12.2. The van der Waals surface area contributed by atoms with Crippen molar-refractivity contribution in [3.05, 3.63) is 50.9 Å². The summed E-state index contributed by atoms with van der Waals surface area (Å²) in [5, 5.41) is 8.10. The number of hydrogen-bond donors (Lipinski definition) is 2. The summed E-state index contributed by atoms with van der Waals surface area (Å²) in [6.07, 6.45) is 1.74. The van der Waals surface area contributed by atoms with Crippen LogP contribution in [0.5, 0.6) is 0 Å². The number of ether oxygens (including phenoxy) is 1. The topological polar surface area (TPSA) is 87.6 Å². The number of hydrogen-bond acceptors (Lipinski definition) is 6. The molecule has 0 spiro atoms. The molecule has 1 aliphatic rings. The number of nitrogens with zero attached hydrogens (tertiary/aromatic N) is 4. The van der Waals surface area contributed by atoms with Gasteiger partial charge in [0.1, 0.15) is 0 Å². The first-order valence-electron chi connectivity index (χ1n) is 9.48. The van der Waals surface area contributed by atoms with E-state index in [4.69, 9.17) is 16.3 Å². The van der Waals surface area contributed by atoms with Crippen LogP contribution in [0.1, 0.15) is 24.6 Å². The summed E-state index contributed by atoms with van der Waals surface area (Å²) in [5.74, 6) is 0.821. The van der Waals surface area contributed by atoms with Crippen LogP contribution < -0.4 is 15.8 Å². The smallest absolute Gasteiger partial charge is 0.275 e. The highest BCUT2D eigenvalue weighted by molar-refractivity contribution is 6.31. The summed E-state index contributed by atoms with van der Waals surface area (Å²) in [5.41, 5.74) is 2.74. The monoisotopic (exact) mass is 402 g/mol. The molecule has 0 bridgehead atoms. The summed E-state index contributed by atoms with van der Waals surface area (Å²) in [4.78, 5) is 22.0. The highest BCUT2D eigenvalue weighted by Crippen LogP contribution is 2.24. The quantitative estimate of drug-likeness (QED) is 0.658. The Morgan fingerprint density at radius 1 is 1.29 bits per heavy atom. The predicted molar refractivity (Wildman–Crippen MR) is 109 cm³/mol. The van der Waals surface area contributed by atoms with Crippen LogP contribution in [0, 0.1) is 0 Å². The largest absolute Gasteiger partial charge is 0.378 e. The van der Waals surface area contributed by atoms with Gasteiger partial charge in [0.2, 0.25) is 11.7 Å². The molecule has 0 unspecified atom stereocenters. The van der Waals surface area contributed by atoms with Crippen molar-refractivity contribution in [2.75, 3.05) is 36.5 Å². The van der Waals surface area contributed by atoms with Gasteiger partial charge in [0, 0.05) is 42.1 Å². The summed E-state index contributed by atoms with van der Waals surface area (Å²) in [7, 11) is 0. The molecule has 2 aromatic heterocycles. The Morgan fingerprint density at radius 2 is 2.11 bits per heavy atom. The number of halogens is 1. The zero-order valence-electron chi connectivity index (χ0n) is 15.7. The number of anilines is 2. The van der Waals surface area contributed by atoms with Gasteiger partial charge in [0.15, 0.2) is 0 Å².